The summed E-state index contributed by atoms with van der Waals surface area (Å²) >= 11 is 1.35. The number of amides is 1. The van der Waals surface area contributed by atoms with Crippen molar-refractivity contribution in [2.45, 2.75) is 26.7 Å². The topological polar surface area (TPSA) is 86.5 Å². The van der Waals surface area contributed by atoms with E-state index in [4.69, 9.17) is 14.0 Å². The molecule has 1 N–H and O–H groups in total. The average Bonchev–Trinajstić information content (AvgIpc) is 3.33. The molecule has 0 fully saturated rings. The van der Waals surface area contributed by atoms with Crippen LogP contribution in [0.25, 0.3) is 11.3 Å². The highest BCUT2D eigenvalue weighted by atomic mass is 32.1. The largest absolute Gasteiger partial charge is 0.493 e. The fraction of sp³-hybridized carbons (Fsp3) is 0.316. The molecule has 142 valence electrons. The summed E-state index contributed by atoms with van der Waals surface area (Å²) in [5.41, 5.74) is 2.77. The number of anilines is 1. The Kier molecular flexibility index (Phi) is 5.75. The Morgan fingerprint density at radius 2 is 1.96 bits per heavy atom. The minimum absolute atomic E-state index is 0.252. The van der Waals surface area contributed by atoms with E-state index in [1.165, 1.54) is 11.3 Å². The molecule has 0 atom stereocenters. The van der Waals surface area contributed by atoms with Crippen LogP contribution in [0.4, 0.5) is 5.13 Å². The van der Waals surface area contributed by atoms with Crippen molar-refractivity contribution in [2.24, 2.45) is 0 Å². The van der Waals surface area contributed by atoms with Crippen LogP contribution in [0.1, 0.15) is 35.7 Å². The summed E-state index contributed by atoms with van der Waals surface area (Å²) in [6.07, 6.45) is 1.23. The first kappa shape index (κ1) is 18.9. The number of aryl methyl sites for hydroxylation is 2. The van der Waals surface area contributed by atoms with Gasteiger partial charge in [0.05, 0.1) is 25.6 Å². The first-order valence-electron chi connectivity index (χ1n) is 8.57. The zero-order chi connectivity index (χ0) is 19.4. The van der Waals surface area contributed by atoms with Gasteiger partial charge in [-0.25, -0.2) is 4.98 Å². The lowest BCUT2D eigenvalue weighted by Crippen LogP contribution is -2.14. The van der Waals surface area contributed by atoms with Crippen molar-refractivity contribution in [2.75, 3.05) is 19.5 Å². The molecule has 0 aliphatic rings. The van der Waals surface area contributed by atoms with E-state index >= 15 is 0 Å². The molecule has 1 amide bonds. The summed E-state index contributed by atoms with van der Waals surface area (Å²) in [5.74, 6) is 1.61. The lowest BCUT2D eigenvalue weighted by Gasteiger charge is -2.08. The van der Waals surface area contributed by atoms with E-state index in [2.05, 4.69) is 15.5 Å². The molecule has 3 aromatic rings. The molecule has 7 nitrogen and oxygen atoms in total. The molecular formula is C19H21N3O4S. The number of rotatable bonds is 7. The molecule has 0 radical (unpaired) electrons. The van der Waals surface area contributed by atoms with E-state index in [0.717, 1.165) is 11.3 Å². The minimum Gasteiger partial charge on any atom is -0.493 e. The van der Waals surface area contributed by atoms with Crippen LogP contribution >= 0.6 is 11.3 Å². The van der Waals surface area contributed by atoms with Crippen molar-refractivity contribution in [1.29, 1.82) is 0 Å². The van der Waals surface area contributed by atoms with Gasteiger partial charge >= 0.3 is 0 Å². The van der Waals surface area contributed by atoms with Crippen molar-refractivity contribution < 1.29 is 18.8 Å². The Hall–Kier alpha value is -2.87. The number of aromatic nitrogens is 2. The van der Waals surface area contributed by atoms with Gasteiger partial charge in [-0.3, -0.25) is 10.1 Å². The van der Waals surface area contributed by atoms with Gasteiger partial charge in [0, 0.05) is 17.4 Å². The Bertz CT molecular complexity index is 927. The van der Waals surface area contributed by atoms with Gasteiger partial charge in [0.25, 0.3) is 5.91 Å². The standard InChI is InChI=1S/C19H21N3O4S/c1-5-12-17(14(6-2)26-22-12)18(23)21-19-20-13(10-27-19)11-7-8-15(24-3)16(9-11)25-4/h7-10H,5-6H2,1-4H3,(H,20,21,23). The quantitative estimate of drug-likeness (QED) is 0.654. The van der Waals surface area contributed by atoms with Gasteiger partial charge in [-0.05, 0) is 24.6 Å². The van der Waals surface area contributed by atoms with Crippen molar-refractivity contribution in [3.05, 3.63) is 40.6 Å². The smallest absolute Gasteiger partial charge is 0.262 e. The summed E-state index contributed by atoms with van der Waals surface area (Å²) < 4.78 is 15.9. The van der Waals surface area contributed by atoms with Gasteiger partial charge in [-0.1, -0.05) is 19.0 Å². The molecule has 0 bridgehead atoms. The number of methoxy groups -OCH3 is 2. The van der Waals surface area contributed by atoms with Crippen LogP contribution in [0, 0.1) is 0 Å². The third kappa shape index (κ3) is 3.80. The van der Waals surface area contributed by atoms with Crippen molar-refractivity contribution >= 4 is 22.4 Å². The van der Waals surface area contributed by atoms with Gasteiger partial charge in [0.15, 0.2) is 16.6 Å². The lowest BCUT2D eigenvalue weighted by molar-refractivity contribution is 0.102. The Labute approximate surface area is 161 Å². The second-order valence-corrected chi connectivity index (χ2v) is 6.55. The fourth-order valence-electron chi connectivity index (χ4n) is 2.72. The van der Waals surface area contributed by atoms with Gasteiger partial charge in [-0.2, -0.15) is 0 Å². The van der Waals surface area contributed by atoms with Crippen LogP contribution in [-0.4, -0.2) is 30.3 Å². The van der Waals surface area contributed by atoms with E-state index in [1.807, 2.05) is 37.4 Å². The third-order valence-corrected chi connectivity index (χ3v) is 4.88. The van der Waals surface area contributed by atoms with E-state index < -0.39 is 0 Å². The van der Waals surface area contributed by atoms with Crippen LogP contribution in [0.15, 0.2) is 28.1 Å². The zero-order valence-electron chi connectivity index (χ0n) is 15.7. The molecule has 0 aliphatic heterocycles. The number of nitrogens with zero attached hydrogens (tertiary/aromatic N) is 2. The molecule has 2 heterocycles. The van der Waals surface area contributed by atoms with Crippen LogP contribution in [-0.2, 0) is 12.8 Å². The van der Waals surface area contributed by atoms with Gasteiger partial charge in [0.2, 0.25) is 0 Å². The number of carbonyl (C=O) groups excluding carboxylic acids is 1. The summed E-state index contributed by atoms with van der Waals surface area (Å²) in [6.45, 7) is 3.86. The SMILES string of the molecule is CCc1noc(CC)c1C(=O)Nc1nc(-c2ccc(OC)c(OC)c2)cs1. The number of nitrogens with one attached hydrogen (secondary N) is 1. The fourth-order valence-corrected chi connectivity index (χ4v) is 3.44. The molecule has 0 aliphatic carbocycles. The highest BCUT2D eigenvalue weighted by Crippen LogP contribution is 2.33. The maximum Gasteiger partial charge on any atom is 0.262 e. The highest BCUT2D eigenvalue weighted by Gasteiger charge is 2.22. The normalized spacial score (nSPS) is 10.7. The number of thiazole rings is 1. The Morgan fingerprint density at radius 3 is 2.63 bits per heavy atom. The molecule has 0 saturated carbocycles. The summed E-state index contributed by atoms with van der Waals surface area (Å²) in [6, 6.07) is 5.57. The molecule has 1 aromatic carbocycles. The summed E-state index contributed by atoms with van der Waals surface area (Å²) in [4.78, 5) is 17.2. The first-order valence-corrected chi connectivity index (χ1v) is 9.45. The van der Waals surface area contributed by atoms with E-state index in [-0.39, 0.29) is 5.91 Å². The number of benzene rings is 1. The predicted octanol–water partition coefficient (Wildman–Crippen LogP) is 4.19. The van der Waals surface area contributed by atoms with Crippen molar-refractivity contribution in [1.82, 2.24) is 10.1 Å². The number of hydrogen-bond donors (Lipinski definition) is 1. The predicted molar refractivity (Wildman–Crippen MR) is 104 cm³/mol. The van der Waals surface area contributed by atoms with Crippen LogP contribution < -0.4 is 14.8 Å². The monoisotopic (exact) mass is 387 g/mol. The van der Waals surface area contributed by atoms with Crippen LogP contribution in [0.2, 0.25) is 0 Å². The first-order chi connectivity index (χ1) is 13.1. The Balaban J connectivity index is 1.83. The number of hydrogen-bond acceptors (Lipinski definition) is 7. The zero-order valence-corrected chi connectivity index (χ0v) is 16.5. The number of carbonyl (C=O) groups is 1. The summed E-state index contributed by atoms with van der Waals surface area (Å²) in [7, 11) is 3.18. The van der Waals surface area contributed by atoms with E-state index in [0.29, 0.717) is 46.5 Å². The molecule has 8 heteroatoms. The van der Waals surface area contributed by atoms with Crippen molar-refractivity contribution in [3.63, 3.8) is 0 Å². The minimum atomic E-state index is -0.252. The molecule has 3 rings (SSSR count). The van der Waals surface area contributed by atoms with E-state index in [1.54, 1.807) is 14.2 Å². The molecular weight excluding hydrogens is 366 g/mol. The van der Waals surface area contributed by atoms with E-state index in [9.17, 15) is 4.79 Å². The molecule has 27 heavy (non-hydrogen) atoms. The maximum absolute atomic E-state index is 12.7. The van der Waals surface area contributed by atoms with Crippen LogP contribution in [0.3, 0.4) is 0 Å². The number of ether oxygens (including phenoxy) is 2. The van der Waals surface area contributed by atoms with Gasteiger partial charge in [0.1, 0.15) is 11.3 Å². The second kappa shape index (κ2) is 8.22. The summed E-state index contributed by atoms with van der Waals surface area (Å²) in [5, 5.41) is 9.22. The van der Waals surface area contributed by atoms with Gasteiger partial charge < -0.3 is 14.0 Å². The molecule has 2 aromatic heterocycles. The van der Waals surface area contributed by atoms with Gasteiger partial charge in [-0.15, -0.1) is 11.3 Å². The lowest BCUT2D eigenvalue weighted by atomic mass is 10.1. The van der Waals surface area contributed by atoms with Crippen molar-refractivity contribution in [3.8, 4) is 22.8 Å². The second-order valence-electron chi connectivity index (χ2n) is 5.70. The highest BCUT2D eigenvalue weighted by molar-refractivity contribution is 7.14. The molecule has 0 spiro atoms. The molecule has 0 saturated heterocycles. The maximum atomic E-state index is 12.7. The molecule has 0 unspecified atom stereocenters. The average molecular weight is 387 g/mol. The van der Waals surface area contributed by atoms with Crippen LogP contribution in [0.5, 0.6) is 11.5 Å². The third-order valence-electron chi connectivity index (χ3n) is 4.12. The Morgan fingerprint density at radius 1 is 1.19 bits per heavy atom.